The molecule has 0 fully saturated rings. The molecule has 0 spiro atoms. The van der Waals surface area contributed by atoms with Crippen LogP contribution in [0.2, 0.25) is 0 Å². The van der Waals surface area contributed by atoms with Crippen molar-refractivity contribution in [1.29, 1.82) is 5.26 Å². The number of aromatic nitrogens is 1. The molecule has 128 valence electrons. The fourth-order valence-electron chi connectivity index (χ4n) is 2.52. The van der Waals surface area contributed by atoms with E-state index in [4.69, 9.17) is 5.73 Å². The number of nitrogen functional groups attached to an aromatic ring is 1. The summed E-state index contributed by atoms with van der Waals surface area (Å²) in [5.74, 6) is 0.625. The molecule has 0 bridgehead atoms. The maximum atomic E-state index is 9.36. The number of benzene rings is 2. The molecule has 3 rings (SSSR count). The normalized spacial score (nSPS) is 10.7. The third-order valence-electron chi connectivity index (χ3n) is 3.86. The Kier molecular flexibility index (Phi) is 4.90. The number of azo groups is 1. The van der Waals surface area contributed by atoms with Gasteiger partial charge < -0.3 is 11.1 Å². The van der Waals surface area contributed by atoms with Crippen LogP contribution in [0, 0.1) is 25.2 Å². The van der Waals surface area contributed by atoms with Gasteiger partial charge in [0.25, 0.3) is 0 Å². The predicted octanol–water partition coefficient (Wildman–Crippen LogP) is 5.31. The fraction of sp³-hybridized carbons (Fsp3) is 0.100. The van der Waals surface area contributed by atoms with E-state index in [-0.39, 0.29) is 5.82 Å². The molecule has 0 aliphatic carbocycles. The highest BCUT2D eigenvalue weighted by Crippen LogP contribution is 2.35. The molecule has 0 saturated heterocycles. The van der Waals surface area contributed by atoms with E-state index in [1.807, 2.05) is 61.5 Å². The third-order valence-corrected chi connectivity index (χ3v) is 3.86. The van der Waals surface area contributed by atoms with Crippen molar-refractivity contribution >= 4 is 28.7 Å². The molecule has 1 aromatic heterocycles. The predicted molar refractivity (Wildman–Crippen MR) is 103 cm³/mol. The van der Waals surface area contributed by atoms with Crippen LogP contribution >= 0.6 is 0 Å². The Labute approximate surface area is 152 Å². The van der Waals surface area contributed by atoms with Gasteiger partial charge in [-0.2, -0.15) is 10.4 Å². The first-order chi connectivity index (χ1) is 12.6. The molecule has 3 N–H and O–H groups in total. The first-order valence-corrected chi connectivity index (χ1v) is 8.09. The van der Waals surface area contributed by atoms with Crippen molar-refractivity contribution in [1.82, 2.24) is 4.98 Å². The molecule has 0 amide bonds. The number of nitrogens with one attached hydrogen (secondary N) is 1. The van der Waals surface area contributed by atoms with E-state index in [9.17, 15) is 5.26 Å². The number of pyridine rings is 1. The number of para-hydroxylation sites is 1. The van der Waals surface area contributed by atoms with Crippen LogP contribution in [-0.2, 0) is 0 Å². The van der Waals surface area contributed by atoms with E-state index in [1.54, 1.807) is 6.92 Å². The summed E-state index contributed by atoms with van der Waals surface area (Å²) in [4.78, 5) is 4.32. The van der Waals surface area contributed by atoms with E-state index in [2.05, 4.69) is 26.6 Å². The van der Waals surface area contributed by atoms with E-state index in [1.165, 1.54) is 0 Å². The molecule has 6 heteroatoms. The zero-order chi connectivity index (χ0) is 18.5. The third kappa shape index (κ3) is 3.68. The van der Waals surface area contributed by atoms with Gasteiger partial charge >= 0.3 is 0 Å². The van der Waals surface area contributed by atoms with Crippen LogP contribution in [-0.4, -0.2) is 4.98 Å². The van der Waals surface area contributed by atoms with Crippen LogP contribution in [0.4, 0.5) is 28.7 Å². The minimum atomic E-state index is 0.165. The highest BCUT2D eigenvalue weighted by molar-refractivity contribution is 5.76. The molecule has 0 unspecified atom stereocenters. The van der Waals surface area contributed by atoms with Gasteiger partial charge in [0.15, 0.2) is 5.82 Å². The van der Waals surface area contributed by atoms with Crippen LogP contribution in [0.3, 0.4) is 0 Å². The molecule has 0 radical (unpaired) electrons. The molecule has 6 nitrogen and oxygen atoms in total. The molecule has 0 saturated carbocycles. The van der Waals surface area contributed by atoms with E-state index >= 15 is 0 Å². The Bertz CT molecular complexity index is 1000. The van der Waals surface area contributed by atoms with Crippen LogP contribution in [0.15, 0.2) is 64.8 Å². The van der Waals surface area contributed by atoms with Crippen molar-refractivity contribution in [2.45, 2.75) is 13.8 Å². The number of nitriles is 1. The Morgan fingerprint density at radius 3 is 2.50 bits per heavy atom. The first kappa shape index (κ1) is 17.1. The molecular weight excluding hydrogens is 324 g/mol. The summed E-state index contributed by atoms with van der Waals surface area (Å²) in [5, 5.41) is 21.2. The van der Waals surface area contributed by atoms with Crippen LogP contribution < -0.4 is 11.1 Å². The minimum absolute atomic E-state index is 0.165. The Balaban J connectivity index is 2.07. The van der Waals surface area contributed by atoms with Gasteiger partial charge in [-0.15, -0.1) is 5.11 Å². The summed E-state index contributed by atoms with van der Waals surface area (Å²) >= 11 is 0. The maximum absolute atomic E-state index is 9.36. The van der Waals surface area contributed by atoms with Gasteiger partial charge in [-0.3, -0.25) is 0 Å². The quantitative estimate of drug-likeness (QED) is 0.627. The smallest absolute Gasteiger partial charge is 0.161 e. The fourth-order valence-corrected chi connectivity index (χ4v) is 2.52. The SMILES string of the molecule is Cc1cccc(/N=N/c2c(Nc3ccccc3)nc(N)c(C#N)c2C)c1. The summed E-state index contributed by atoms with van der Waals surface area (Å²) in [6.07, 6.45) is 0. The Hall–Kier alpha value is -3.72. The zero-order valence-electron chi connectivity index (χ0n) is 14.6. The second kappa shape index (κ2) is 7.45. The van der Waals surface area contributed by atoms with Crippen molar-refractivity contribution in [3.63, 3.8) is 0 Å². The lowest BCUT2D eigenvalue weighted by Crippen LogP contribution is -2.03. The van der Waals surface area contributed by atoms with Crippen LogP contribution in [0.5, 0.6) is 0 Å². The lowest BCUT2D eigenvalue weighted by atomic mass is 10.1. The topological polar surface area (TPSA) is 99.4 Å². The van der Waals surface area contributed by atoms with Crippen molar-refractivity contribution < 1.29 is 0 Å². The average molecular weight is 342 g/mol. The Morgan fingerprint density at radius 1 is 1.04 bits per heavy atom. The number of nitrogens with zero attached hydrogens (tertiary/aromatic N) is 4. The summed E-state index contributed by atoms with van der Waals surface area (Å²) < 4.78 is 0. The highest BCUT2D eigenvalue weighted by atomic mass is 15.1. The minimum Gasteiger partial charge on any atom is -0.383 e. The van der Waals surface area contributed by atoms with E-state index in [0.29, 0.717) is 22.6 Å². The number of hydrogen-bond acceptors (Lipinski definition) is 6. The summed E-state index contributed by atoms with van der Waals surface area (Å²) in [5.41, 5.74) is 10.0. The van der Waals surface area contributed by atoms with E-state index < -0.39 is 0 Å². The van der Waals surface area contributed by atoms with Crippen molar-refractivity contribution in [2.24, 2.45) is 10.2 Å². The van der Waals surface area contributed by atoms with Gasteiger partial charge in [0, 0.05) is 11.3 Å². The highest BCUT2D eigenvalue weighted by Gasteiger charge is 2.16. The number of nitrogens with two attached hydrogens (primary N) is 1. The largest absolute Gasteiger partial charge is 0.383 e. The average Bonchev–Trinajstić information content (AvgIpc) is 2.62. The van der Waals surface area contributed by atoms with Crippen LogP contribution in [0.1, 0.15) is 16.7 Å². The number of anilines is 3. The monoisotopic (exact) mass is 342 g/mol. The second-order valence-electron chi connectivity index (χ2n) is 5.84. The lowest BCUT2D eigenvalue weighted by Gasteiger charge is -2.12. The standard InChI is InChI=1S/C20H18N6/c1-13-7-6-10-16(11-13)25-26-18-14(2)17(12-21)19(22)24-20(18)23-15-8-4-3-5-9-15/h3-11H,1-2H3,(H3,22,23,24)/b26-25+. The molecule has 0 atom stereocenters. The van der Waals surface area contributed by atoms with Crippen molar-refractivity contribution in [2.75, 3.05) is 11.1 Å². The first-order valence-electron chi connectivity index (χ1n) is 8.09. The second-order valence-corrected chi connectivity index (χ2v) is 5.84. The number of rotatable bonds is 4. The van der Waals surface area contributed by atoms with Gasteiger partial charge in [0.1, 0.15) is 17.6 Å². The van der Waals surface area contributed by atoms with Crippen molar-refractivity contribution in [3.05, 3.63) is 71.3 Å². The summed E-state index contributed by atoms with van der Waals surface area (Å²) in [7, 11) is 0. The molecule has 3 aromatic rings. The molecule has 0 aliphatic heterocycles. The number of hydrogen-bond donors (Lipinski definition) is 2. The summed E-state index contributed by atoms with van der Waals surface area (Å²) in [6.45, 7) is 3.78. The van der Waals surface area contributed by atoms with E-state index in [0.717, 1.165) is 16.9 Å². The van der Waals surface area contributed by atoms with Gasteiger partial charge in [0.05, 0.1) is 11.3 Å². The van der Waals surface area contributed by atoms with Gasteiger partial charge in [-0.05, 0) is 43.7 Å². The molecule has 0 aliphatic rings. The Morgan fingerprint density at radius 2 is 1.81 bits per heavy atom. The van der Waals surface area contributed by atoms with Crippen LogP contribution in [0.25, 0.3) is 0 Å². The van der Waals surface area contributed by atoms with Gasteiger partial charge in [0.2, 0.25) is 0 Å². The molecule has 26 heavy (non-hydrogen) atoms. The number of aryl methyl sites for hydroxylation is 1. The maximum Gasteiger partial charge on any atom is 0.161 e. The molecule has 2 aromatic carbocycles. The van der Waals surface area contributed by atoms with Gasteiger partial charge in [-0.1, -0.05) is 30.3 Å². The van der Waals surface area contributed by atoms with Gasteiger partial charge in [-0.25, -0.2) is 4.98 Å². The molecule has 1 heterocycles. The molecular formula is C20H18N6. The lowest BCUT2D eigenvalue weighted by molar-refractivity contribution is 1.16. The summed E-state index contributed by atoms with van der Waals surface area (Å²) in [6, 6.07) is 19.4. The zero-order valence-corrected chi connectivity index (χ0v) is 14.6. The van der Waals surface area contributed by atoms with Crippen molar-refractivity contribution in [3.8, 4) is 6.07 Å².